The minimum atomic E-state index is -0.462. The molecule has 0 amide bonds. The standard InChI is InChI=1S/C12H15BrFNO2/c1-3-11(13)8(2)6-9-7-10(14)4-5-12(9)15(16)17/h4-5,7-8,11H,3,6H2,1-2H3. The molecular formula is C12H15BrFNO2. The molecule has 0 radical (unpaired) electrons. The van der Waals surface area contributed by atoms with Gasteiger partial charge in [-0.05, 0) is 30.9 Å². The minimum Gasteiger partial charge on any atom is -0.258 e. The summed E-state index contributed by atoms with van der Waals surface area (Å²) in [5, 5.41) is 10.8. The van der Waals surface area contributed by atoms with Crippen LogP contribution in [0.1, 0.15) is 25.8 Å². The molecule has 0 aliphatic heterocycles. The van der Waals surface area contributed by atoms with E-state index < -0.39 is 10.7 Å². The first-order valence-electron chi connectivity index (χ1n) is 5.52. The summed E-state index contributed by atoms with van der Waals surface area (Å²) in [5.74, 6) is -0.207. The summed E-state index contributed by atoms with van der Waals surface area (Å²) < 4.78 is 13.1. The molecule has 17 heavy (non-hydrogen) atoms. The van der Waals surface area contributed by atoms with Gasteiger partial charge in [-0.25, -0.2) is 4.39 Å². The van der Waals surface area contributed by atoms with Crippen LogP contribution >= 0.6 is 15.9 Å². The number of halogens is 2. The lowest BCUT2D eigenvalue weighted by molar-refractivity contribution is -0.385. The maximum atomic E-state index is 13.1. The number of nitrogens with zero attached hydrogens (tertiary/aromatic N) is 1. The Labute approximate surface area is 108 Å². The fourth-order valence-electron chi connectivity index (χ4n) is 1.77. The van der Waals surface area contributed by atoms with Crippen LogP contribution in [0, 0.1) is 21.8 Å². The predicted octanol–water partition coefficient (Wildman–Crippen LogP) is 4.09. The van der Waals surface area contributed by atoms with E-state index >= 15 is 0 Å². The van der Waals surface area contributed by atoms with Crippen molar-refractivity contribution in [1.29, 1.82) is 0 Å². The zero-order chi connectivity index (χ0) is 13.0. The highest BCUT2D eigenvalue weighted by Gasteiger charge is 2.19. The highest BCUT2D eigenvalue weighted by Crippen LogP contribution is 2.26. The van der Waals surface area contributed by atoms with Crippen molar-refractivity contribution in [3.8, 4) is 0 Å². The number of nitro groups is 1. The average molecular weight is 304 g/mol. The molecule has 1 rings (SSSR count). The molecule has 5 heteroatoms. The Morgan fingerprint density at radius 1 is 1.53 bits per heavy atom. The first kappa shape index (κ1) is 14.1. The van der Waals surface area contributed by atoms with E-state index in [4.69, 9.17) is 0 Å². The molecule has 0 N–H and O–H groups in total. The third-order valence-electron chi connectivity index (χ3n) is 2.79. The molecule has 0 spiro atoms. The molecule has 0 saturated heterocycles. The van der Waals surface area contributed by atoms with Crippen molar-refractivity contribution >= 4 is 21.6 Å². The van der Waals surface area contributed by atoms with Crippen LogP contribution in [0.3, 0.4) is 0 Å². The van der Waals surface area contributed by atoms with Crippen LogP contribution in [-0.2, 0) is 6.42 Å². The molecule has 0 aliphatic rings. The Morgan fingerprint density at radius 2 is 2.18 bits per heavy atom. The van der Waals surface area contributed by atoms with Gasteiger partial charge in [-0.1, -0.05) is 29.8 Å². The molecule has 1 aromatic rings. The van der Waals surface area contributed by atoms with Gasteiger partial charge in [0, 0.05) is 16.5 Å². The van der Waals surface area contributed by atoms with E-state index in [0.29, 0.717) is 12.0 Å². The lowest BCUT2D eigenvalue weighted by Gasteiger charge is -2.16. The number of nitro benzene ring substituents is 1. The molecule has 0 aromatic heterocycles. The van der Waals surface area contributed by atoms with Crippen molar-refractivity contribution < 1.29 is 9.31 Å². The van der Waals surface area contributed by atoms with Gasteiger partial charge < -0.3 is 0 Å². The van der Waals surface area contributed by atoms with E-state index in [2.05, 4.69) is 15.9 Å². The highest BCUT2D eigenvalue weighted by molar-refractivity contribution is 9.09. The van der Waals surface area contributed by atoms with Crippen molar-refractivity contribution in [2.75, 3.05) is 0 Å². The van der Waals surface area contributed by atoms with E-state index in [9.17, 15) is 14.5 Å². The SMILES string of the molecule is CCC(Br)C(C)Cc1cc(F)ccc1[N+](=O)[O-]. The topological polar surface area (TPSA) is 43.1 Å². The van der Waals surface area contributed by atoms with Crippen molar-refractivity contribution in [1.82, 2.24) is 0 Å². The number of hydrogen-bond donors (Lipinski definition) is 0. The Balaban J connectivity index is 2.96. The van der Waals surface area contributed by atoms with Crippen LogP contribution in [0.25, 0.3) is 0 Å². The first-order valence-corrected chi connectivity index (χ1v) is 6.44. The summed E-state index contributed by atoms with van der Waals surface area (Å²) in [7, 11) is 0. The Hall–Kier alpha value is -0.970. The van der Waals surface area contributed by atoms with Gasteiger partial charge in [-0.2, -0.15) is 0 Å². The zero-order valence-electron chi connectivity index (χ0n) is 9.82. The van der Waals surface area contributed by atoms with Crippen LogP contribution in [0.4, 0.5) is 10.1 Å². The van der Waals surface area contributed by atoms with Crippen molar-refractivity contribution in [3.05, 3.63) is 39.7 Å². The normalized spacial score (nSPS) is 14.4. The van der Waals surface area contributed by atoms with Gasteiger partial charge >= 0.3 is 0 Å². The van der Waals surface area contributed by atoms with Crippen LogP contribution < -0.4 is 0 Å². The molecule has 3 nitrogen and oxygen atoms in total. The van der Waals surface area contributed by atoms with Crippen molar-refractivity contribution in [2.24, 2.45) is 5.92 Å². The summed E-state index contributed by atoms with van der Waals surface area (Å²) in [4.78, 5) is 10.6. The maximum absolute atomic E-state index is 13.1. The molecule has 0 saturated carbocycles. The van der Waals surface area contributed by atoms with Crippen LogP contribution in [-0.4, -0.2) is 9.75 Å². The van der Waals surface area contributed by atoms with Crippen LogP contribution in [0.5, 0.6) is 0 Å². The van der Waals surface area contributed by atoms with E-state index in [1.54, 1.807) is 0 Å². The quantitative estimate of drug-likeness (QED) is 0.467. The number of hydrogen-bond acceptors (Lipinski definition) is 2. The number of benzene rings is 1. The monoisotopic (exact) mass is 303 g/mol. The van der Waals surface area contributed by atoms with Gasteiger partial charge in [0.25, 0.3) is 5.69 Å². The summed E-state index contributed by atoms with van der Waals surface area (Å²) >= 11 is 3.52. The highest BCUT2D eigenvalue weighted by atomic mass is 79.9. The van der Waals surface area contributed by atoms with Gasteiger partial charge in [0.05, 0.1) is 4.92 Å². The van der Waals surface area contributed by atoms with Gasteiger partial charge in [-0.3, -0.25) is 10.1 Å². The third-order valence-corrected chi connectivity index (χ3v) is 4.34. The number of rotatable bonds is 5. The Bertz CT molecular complexity index is 411. The third kappa shape index (κ3) is 3.77. The molecular weight excluding hydrogens is 289 g/mol. The lowest BCUT2D eigenvalue weighted by atomic mass is 9.96. The molecule has 0 bridgehead atoms. The molecule has 2 unspecified atom stereocenters. The Kier molecular flexibility index (Phi) is 5.05. The molecule has 1 aromatic carbocycles. The van der Waals surface area contributed by atoms with Gasteiger partial charge in [0.15, 0.2) is 0 Å². The molecule has 2 atom stereocenters. The van der Waals surface area contributed by atoms with Crippen LogP contribution in [0.15, 0.2) is 18.2 Å². The summed E-state index contributed by atoms with van der Waals surface area (Å²) in [5.41, 5.74) is 0.453. The molecule has 0 aliphatic carbocycles. The molecule has 94 valence electrons. The second-order valence-corrected chi connectivity index (χ2v) is 5.31. The Morgan fingerprint density at radius 3 is 2.71 bits per heavy atom. The lowest BCUT2D eigenvalue weighted by Crippen LogP contribution is -2.13. The average Bonchev–Trinajstić information content (AvgIpc) is 2.27. The van der Waals surface area contributed by atoms with Crippen LogP contribution in [0.2, 0.25) is 0 Å². The molecule has 0 heterocycles. The first-order chi connectivity index (χ1) is 7.95. The maximum Gasteiger partial charge on any atom is 0.272 e. The fourth-order valence-corrected chi connectivity index (χ4v) is 1.96. The van der Waals surface area contributed by atoms with E-state index in [0.717, 1.165) is 12.5 Å². The second kappa shape index (κ2) is 6.10. The predicted molar refractivity (Wildman–Crippen MR) is 68.9 cm³/mol. The minimum absolute atomic E-state index is 0.00551. The smallest absolute Gasteiger partial charge is 0.258 e. The largest absolute Gasteiger partial charge is 0.272 e. The number of alkyl halides is 1. The molecule has 0 fully saturated rings. The van der Waals surface area contributed by atoms with Gasteiger partial charge in [0.2, 0.25) is 0 Å². The van der Waals surface area contributed by atoms with E-state index in [1.165, 1.54) is 12.1 Å². The second-order valence-electron chi connectivity index (χ2n) is 4.14. The summed E-state index contributed by atoms with van der Waals surface area (Å²) in [6.07, 6.45) is 1.43. The van der Waals surface area contributed by atoms with Gasteiger partial charge in [-0.15, -0.1) is 0 Å². The zero-order valence-corrected chi connectivity index (χ0v) is 11.4. The van der Waals surface area contributed by atoms with Crippen molar-refractivity contribution in [2.45, 2.75) is 31.5 Å². The summed E-state index contributed by atoms with van der Waals surface area (Å²) in [6.45, 7) is 4.04. The van der Waals surface area contributed by atoms with Gasteiger partial charge in [0.1, 0.15) is 5.82 Å². The fraction of sp³-hybridized carbons (Fsp3) is 0.500. The van der Waals surface area contributed by atoms with E-state index in [1.807, 2.05) is 13.8 Å². The summed E-state index contributed by atoms with van der Waals surface area (Å²) in [6, 6.07) is 3.61. The van der Waals surface area contributed by atoms with E-state index in [-0.39, 0.29) is 16.4 Å². The van der Waals surface area contributed by atoms with Crippen molar-refractivity contribution in [3.63, 3.8) is 0 Å².